The minimum absolute atomic E-state index is 0.0728. The second-order valence-electron chi connectivity index (χ2n) is 9.64. The normalized spacial score (nSPS) is 22.4. The molecule has 2 N–H and O–H groups in total. The summed E-state index contributed by atoms with van der Waals surface area (Å²) in [6, 6.07) is 5.09. The number of aromatic amines is 1. The van der Waals surface area contributed by atoms with Crippen molar-refractivity contribution in [1.29, 1.82) is 0 Å². The summed E-state index contributed by atoms with van der Waals surface area (Å²) in [4.78, 5) is 48.4. The van der Waals surface area contributed by atoms with Crippen LogP contribution in [0.25, 0.3) is 11.6 Å². The van der Waals surface area contributed by atoms with Gasteiger partial charge in [-0.25, -0.2) is 0 Å². The van der Waals surface area contributed by atoms with Gasteiger partial charge >= 0.3 is 0 Å². The largest absolute Gasteiger partial charge is 0.490 e. The standard InChI is InChI=1S/C26H30ClN5O5/c1-15-10-18-20(28-15)11-17-16-12-22(19(27)13-21(16)29-24(17)33)36-8-9-37-23(14-31(3)25(18)34)26(35)32-6-4-30(2)5-7-32/h10-13,23,28H,4-9,14H2,1-3H3,(H,29,33)/b17-11-/t23-/m1/s1. The molecule has 0 radical (unpaired) electrons. The molecule has 11 heteroatoms. The number of hydrogen-bond donors (Lipinski definition) is 2. The maximum Gasteiger partial charge on any atom is 0.256 e. The molecule has 3 aliphatic rings. The van der Waals surface area contributed by atoms with Crippen molar-refractivity contribution in [3.05, 3.63) is 45.7 Å². The SMILES string of the molecule is Cc1cc2c([nH]1)/C=C1\C(=O)Nc3cc(Cl)c(cc31)OCCO[C@@H](C(=O)N1CCN(C)CC1)CN(C)C2=O. The lowest BCUT2D eigenvalue weighted by atomic mass is 10.0. The number of piperazine rings is 1. The summed E-state index contributed by atoms with van der Waals surface area (Å²) in [5.74, 6) is -0.329. The molecular formula is C26H30ClN5O5. The third-order valence-electron chi connectivity index (χ3n) is 6.89. The smallest absolute Gasteiger partial charge is 0.256 e. The molecule has 2 bridgehead atoms. The van der Waals surface area contributed by atoms with Crippen molar-refractivity contribution in [2.75, 3.05) is 65.3 Å². The molecule has 1 atom stereocenters. The third kappa shape index (κ3) is 5.09. The first-order valence-electron chi connectivity index (χ1n) is 12.2. The molecule has 3 aliphatic heterocycles. The fraction of sp³-hybridized carbons (Fsp3) is 0.423. The third-order valence-corrected chi connectivity index (χ3v) is 7.19. The lowest BCUT2D eigenvalue weighted by Crippen LogP contribution is -2.53. The summed E-state index contributed by atoms with van der Waals surface area (Å²) in [7, 11) is 3.67. The molecule has 1 saturated heterocycles. The molecule has 196 valence electrons. The number of ether oxygens (including phenoxy) is 2. The minimum atomic E-state index is -0.848. The average Bonchev–Trinajstić information content (AvgIpc) is 3.38. The summed E-state index contributed by atoms with van der Waals surface area (Å²) in [6.45, 7) is 4.94. The Bertz CT molecular complexity index is 1280. The van der Waals surface area contributed by atoms with Gasteiger partial charge in [0.1, 0.15) is 12.4 Å². The maximum atomic E-state index is 13.5. The number of H-pyrrole nitrogens is 1. The van der Waals surface area contributed by atoms with Crippen molar-refractivity contribution >= 4 is 46.7 Å². The van der Waals surface area contributed by atoms with E-state index in [0.29, 0.717) is 51.9 Å². The van der Waals surface area contributed by atoms with Crippen LogP contribution in [0.2, 0.25) is 5.02 Å². The number of rotatable bonds is 1. The van der Waals surface area contributed by atoms with Crippen molar-refractivity contribution < 1.29 is 23.9 Å². The summed E-state index contributed by atoms with van der Waals surface area (Å²) in [6.07, 6.45) is 0.814. The van der Waals surface area contributed by atoms with E-state index >= 15 is 0 Å². The average molecular weight is 528 g/mol. The molecule has 0 spiro atoms. The zero-order valence-electron chi connectivity index (χ0n) is 21.1. The Labute approximate surface area is 220 Å². The zero-order chi connectivity index (χ0) is 26.3. The van der Waals surface area contributed by atoms with Crippen LogP contribution in [0.5, 0.6) is 5.75 Å². The summed E-state index contributed by atoms with van der Waals surface area (Å²) in [5.41, 5.74) is 3.26. The lowest BCUT2D eigenvalue weighted by Gasteiger charge is -2.35. The number of aromatic nitrogens is 1. The number of halogens is 1. The Morgan fingerprint density at radius 1 is 1.05 bits per heavy atom. The molecular weight excluding hydrogens is 498 g/mol. The quantitative estimate of drug-likeness (QED) is 0.588. The highest BCUT2D eigenvalue weighted by atomic mass is 35.5. The molecule has 0 unspecified atom stereocenters. The number of nitrogens with zero attached hydrogens (tertiary/aromatic N) is 3. The summed E-state index contributed by atoms with van der Waals surface area (Å²) >= 11 is 6.41. The van der Waals surface area contributed by atoms with Crippen molar-refractivity contribution in [3.63, 3.8) is 0 Å². The Balaban J connectivity index is 1.51. The Morgan fingerprint density at radius 2 is 1.81 bits per heavy atom. The Kier molecular flexibility index (Phi) is 6.98. The Morgan fingerprint density at radius 3 is 2.57 bits per heavy atom. The van der Waals surface area contributed by atoms with Crippen LogP contribution < -0.4 is 10.1 Å². The zero-order valence-corrected chi connectivity index (χ0v) is 21.9. The van der Waals surface area contributed by atoms with Gasteiger partial charge in [-0.2, -0.15) is 0 Å². The van der Waals surface area contributed by atoms with Gasteiger partial charge in [-0.1, -0.05) is 11.6 Å². The molecule has 3 amide bonds. The van der Waals surface area contributed by atoms with Gasteiger partial charge in [-0.05, 0) is 38.2 Å². The van der Waals surface area contributed by atoms with Gasteiger partial charge in [0.05, 0.1) is 40.7 Å². The summed E-state index contributed by atoms with van der Waals surface area (Å²) < 4.78 is 11.9. The van der Waals surface area contributed by atoms with Crippen molar-refractivity contribution in [3.8, 4) is 5.75 Å². The minimum Gasteiger partial charge on any atom is -0.490 e. The molecule has 0 aliphatic carbocycles. The first kappa shape index (κ1) is 25.3. The molecule has 0 saturated carbocycles. The van der Waals surface area contributed by atoms with E-state index in [0.717, 1.165) is 18.8 Å². The topological polar surface area (TPSA) is 107 Å². The number of carbonyl (C=O) groups excluding carboxylic acids is 3. The van der Waals surface area contributed by atoms with Crippen molar-refractivity contribution in [2.45, 2.75) is 13.0 Å². The van der Waals surface area contributed by atoms with Crippen molar-refractivity contribution in [2.24, 2.45) is 0 Å². The number of amides is 3. The van der Waals surface area contributed by atoms with E-state index in [4.69, 9.17) is 21.1 Å². The predicted octanol–water partition coefficient (Wildman–Crippen LogP) is 2.09. The van der Waals surface area contributed by atoms with Crippen LogP contribution in [0.4, 0.5) is 5.69 Å². The van der Waals surface area contributed by atoms with E-state index in [1.807, 2.05) is 14.0 Å². The number of hydrogen-bond acceptors (Lipinski definition) is 6. The highest BCUT2D eigenvalue weighted by molar-refractivity contribution is 6.37. The van der Waals surface area contributed by atoms with E-state index in [9.17, 15) is 14.4 Å². The first-order valence-corrected chi connectivity index (χ1v) is 12.6. The highest BCUT2D eigenvalue weighted by Crippen LogP contribution is 2.40. The number of benzene rings is 1. The van der Waals surface area contributed by atoms with Crippen LogP contribution in [0.15, 0.2) is 18.2 Å². The van der Waals surface area contributed by atoms with E-state index in [1.165, 1.54) is 4.90 Å². The van der Waals surface area contributed by atoms with Crippen molar-refractivity contribution in [1.82, 2.24) is 19.7 Å². The molecule has 10 nitrogen and oxygen atoms in total. The Hall–Kier alpha value is -3.34. The van der Waals surface area contributed by atoms with Gasteiger partial charge < -0.3 is 34.5 Å². The van der Waals surface area contributed by atoms with Gasteiger partial charge in [0.15, 0.2) is 6.10 Å². The number of fused-ring (bicyclic) bond motifs is 2. The van der Waals surface area contributed by atoms with Gasteiger partial charge in [0, 0.05) is 44.5 Å². The first-order chi connectivity index (χ1) is 17.7. The predicted molar refractivity (Wildman–Crippen MR) is 140 cm³/mol. The molecule has 1 fully saturated rings. The van der Waals surface area contributed by atoms with Crippen LogP contribution in [-0.4, -0.2) is 104 Å². The fourth-order valence-electron chi connectivity index (χ4n) is 4.80. The molecule has 1 aromatic heterocycles. The number of aryl methyl sites for hydroxylation is 1. The van der Waals surface area contributed by atoms with E-state index < -0.39 is 6.10 Å². The molecule has 37 heavy (non-hydrogen) atoms. The number of nitrogens with one attached hydrogen (secondary N) is 2. The molecule has 1 aromatic carbocycles. The number of likely N-dealkylation sites (N-methyl/N-ethyl adjacent to an activating group) is 2. The van der Waals surface area contributed by atoms with Crippen LogP contribution in [-0.2, 0) is 14.3 Å². The van der Waals surface area contributed by atoms with Gasteiger partial charge in [0.25, 0.3) is 17.7 Å². The summed E-state index contributed by atoms with van der Waals surface area (Å²) in [5, 5.41) is 3.17. The monoisotopic (exact) mass is 527 g/mol. The second-order valence-corrected chi connectivity index (χ2v) is 10.0. The van der Waals surface area contributed by atoms with Crippen LogP contribution in [0, 0.1) is 6.92 Å². The molecule has 2 aromatic rings. The van der Waals surface area contributed by atoms with Crippen LogP contribution in [0.1, 0.15) is 27.3 Å². The van der Waals surface area contributed by atoms with E-state index in [2.05, 4.69) is 15.2 Å². The molecule has 4 heterocycles. The van der Waals surface area contributed by atoms with Gasteiger partial charge in [0.2, 0.25) is 0 Å². The second kappa shape index (κ2) is 10.2. The van der Waals surface area contributed by atoms with Crippen LogP contribution >= 0.6 is 11.6 Å². The number of carbonyl (C=O) groups is 3. The van der Waals surface area contributed by atoms with E-state index in [-0.39, 0.29) is 37.5 Å². The number of anilines is 1. The maximum absolute atomic E-state index is 13.5. The van der Waals surface area contributed by atoms with Gasteiger partial charge in [-0.15, -0.1) is 0 Å². The lowest BCUT2D eigenvalue weighted by molar-refractivity contribution is -0.146. The fourth-order valence-corrected chi connectivity index (χ4v) is 5.02. The van der Waals surface area contributed by atoms with Crippen LogP contribution in [0.3, 0.4) is 0 Å². The van der Waals surface area contributed by atoms with Gasteiger partial charge in [-0.3, -0.25) is 14.4 Å². The molecule has 5 rings (SSSR count). The van der Waals surface area contributed by atoms with E-state index in [1.54, 1.807) is 36.2 Å². The highest BCUT2D eigenvalue weighted by Gasteiger charge is 2.32.